The van der Waals surface area contributed by atoms with Gasteiger partial charge in [0, 0.05) is 12.1 Å². The van der Waals surface area contributed by atoms with Gasteiger partial charge < -0.3 is 10.1 Å². The van der Waals surface area contributed by atoms with E-state index in [-0.39, 0.29) is 0 Å². The van der Waals surface area contributed by atoms with Gasteiger partial charge in [-0.2, -0.15) is 0 Å². The van der Waals surface area contributed by atoms with Gasteiger partial charge in [0.15, 0.2) is 0 Å². The Labute approximate surface area is 290 Å². The molecule has 1 N–H and O–H groups in total. The summed E-state index contributed by atoms with van der Waals surface area (Å²) >= 11 is 0. The molecule has 2 atom stereocenters. The first kappa shape index (κ1) is 48.3. The second-order valence-corrected chi connectivity index (χ2v) is 12.7. The van der Waals surface area contributed by atoms with Crippen molar-refractivity contribution in [3.8, 4) is 0 Å². The molecule has 1 aromatic rings. The van der Waals surface area contributed by atoms with Gasteiger partial charge >= 0.3 is 0 Å². The molecule has 2 nitrogen and oxygen atoms in total. The number of nitrogens with one attached hydrogen (secondary N) is 1. The average molecular weight is 640 g/mol. The van der Waals surface area contributed by atoms with E-state index in [0.29, 0.717) is 11.8 Å². The lowest BCUT2D eigenvalue weighted by atomic mass is 9.83. The third kappa shape index (κ3) is 28.2. The molecule has 0 saturated carbocycles. The van der Waals surface area contributed by atoms with E-state index in [1.807, 2.05) is 26.8 Å². The molecule has 0 saturated heterocycles. The Hall–Kier alpha value is -2.09. The Morgan fingerprint density at radius 1 is 0.870 bits per heavy atom. The molecule has 2 rings (SSSR count). The minimum absolute atomic E-state index is 0.666. The first-order valence-electron chi connectivity index (χ1n) is 19.4. The minimum Gasteiger partial charge on any atom is -0.501 e. The Kier molecular flexibility index (Phi) is 37.6. The number of benzene rings is 1. The smallest absolute Gasteiger partial charge is 0.0913 e. The van der Waals surface area contributed by atoms with Crippen LogP contribution in [0.2, 0.25) is 0 Å². The summed E-state index contributed by atoms with van der Waals surface area (Å²) < 4.78 is 5.38. The maximum atomic E-state index is 6.74. The van der Waals surface area contributed by atoms with Gasteiger partial charge in [0.05, 0.1) is 12.9 Å². The van der Waals surface area contributed by atoms with Gasteiger partial charge in [0.1, 0.15) is 0 Å². The number of ether oxygens (including phenoxy) is 1. The standard InChI is InChI=1S/C26H38O.C7H16.C5H12.C4H9N.C2H6/c1-6-9-25-19-26(14-12-21(25)4)23(7-2)18-20(3)11-13-24-10-8-16-27-17-15-22(24)5;1-3-5-7-6-4-2;1-3-5-4-2;1-3-4(2)5;1-2/h8,10,12,14,16,19-20,23H,5-7,9,11,13,15,17-18H2,1-4H3;3-7H2,1-2H3;3-5H2,1-2H3;5H,3H2,1-2H3;1-2H3/b16-8-,24-10-;;;;. The Morgan fingerprint density at radius 3 is 1.93 bits per heavy atom. The zero-order chi connectivity index (χ0) is 35.6. The van der Waals surface area contributed by atoms with Crippen LogP contribution in [-0.4, -0.2) is 12.3 Å². The SMILES string of the molecule is C=C1CCO/C=C\C=C/1CCC(C)CC(CC)c1ccc(C)c(CCC)c1.CC.CCC(C)=N.CCCCC.CCCCCCC. The zero-order valence-electron chi connectivity index (χ0n) is 33.3. The molecule has 46 heavy (non-hydrogen) atoms. The lowest BCUT2D eigenvalue weighted by Crippen LogP contribution is -2.07. The lowest BCUT2D eigenvalue weighted by Gasteiger charge is -2.22. The van der Waals surface area contributed by atoms with E-state index in [1.165, 1.54) is 111 Å². The Balaban J connectivity index is -0.000000794. The number of rotatable bonds is 16. The first-order chi connectivity index (χ1) is 22.1. The normalized spacial score (nSPS) is 15.0. The van der Waals surface area contributed by atoms with Crippen molar-refractivity contribution in [2.75, 3.05) is 6.61 Å². The second kappa shape index (κ2) is 35.8. The molecule has 1 aliphatic heterocycles. The van der Waals surface area contributed by atoms with Gasteiger partial charge in [-0.1, -0.05) is 158 Å². The van der Waals surface area contributed by atoms with Crippen LogP contribution in [-0.2, 0) is 11.2 Å². The summed E-state index contributed by atoms with van der Waals surface area (Å²) in [6, 6.07) is 7.16. The molecule has 0 fully saturated rings. The maximum absolute atomic E-state index is 6.74. The number of allylic oxidation sites excluding steroid dienone is 3. The van der Waals surface area contributed by atoms with Crippen LogP contribution in [0.4, 0.5) is 0 Å². The molecular weight excluding hydrogens is 558 g/mol. The molecule has 0 spiro atoms. The van der Waals surface area contributed by atoms with Gasteiger partial charge in [0.2, 0.25) is 0 Å². The molecule has 0 aromatic heterocycles. The van der Waals surface area contributed by atoms with E-state index in [2.05, 4.69) is 86.2 Å². The molecule has 268 valence electrons. The molecule has 1 aromatic carbocycles. The fourth-order valence-corrected chi connectivity index (χ4v) is 5.06. The predicted molar refractivity (Wildman–Crippen MR) is 213 cm³/mol. The molecule has 1 heterocycles. The summed E-state index contributed by atoms with van der Waals surface area (Å²) in [5.74, 6) is 1.38. The average Bonchev–Trinajstić information content (AvgIpc) is 3.05. The summed E-state index contributed by atoms with van der Waals surface area (Å²) in [6.45, 7) is 30.9. The number of unbranched alkanes of at least 4 members (excludes halogenated alkanes) is 6. The predicted octanol–water partition coefficient (Wildman–Crippen LogP) is 15.3. The van der Waals surface area contributed by atoms with Crippen LogP contribution in [0, 0.1) is 18.3 Å². The number of hydrogen-bond donors (Lipinski definition) is 1. The molecule has 1 aliphatic rings. The van der Waals surface area contributed by atoms with Gasteiger partial charge in [0.25, 0.3) is 0 Å². The molecule has 0 bridgehead atoms. The van der Waals surface area contributed by atoms with Crippen molar-refractivity contribution in [3.05, 3.63) is 71.0 Å². The lowest BCUT2D eigenvalue weighted by molar-refractivity contribution is 0.253. The van der Waals surface area contributed by atoms with Crippen molar-refractivity contribution in [3.63, 3.8) is 0 Å². The highest BCUT2D eigenvalue weighted by atomic mass is 16.5. The van der Waals surface area contributed by atoms with Crippen molar-refractivity contribution in [2.24, 2.45) is 5.92 Å². The van der Waals surface area contributed by atoms with Crippen LogP contribution in [0.15, 0.2) is 54.3 Å². The topological polar surface area (TPSA) is 33.1 Å². The fraction of sp³-hybridized carbons (Fsp3) is 0.705. The first-order valence-corrected chi connectivity index (χ1v) is 19.4. The van der Waals surface area contributed by atoms with Crippen molar-refractivity contribution >= 4 is 5.71 Å². The van der Waals surface area contributed by atoms with E-state index < -0.39 is 0 Å². The van der Waals surface area contributed by atoms with Gasteiger partial charge in [-0.25, -0.2) is 0 Å². The van der Waals surface area contributed by atoms with Crippen LogP contribution in [0.3, 0.4) is 0 Å². The second-order valence-electron chi connectivity index (χ2n) is 12.7. The van der Waals surface area contributed by atoms with Crippen molar-refractivity contribution in [1.29, 1.82) is 5.41 Å². The highest BCUT2D eigenvalue weighted by Gasteiger charge is 2.16. The summed E-state index contributed by atoms with van der Waals surface area (Å²) in [5.41, 5.74) is 7.90. The summed E-state index contributed by atoms with van der Waals surface area (Å²) in [6.07, 6.45) is 26.2. The third-order valence-corrected chi connectivity index (χ3v) is 8.34. The molecule has 2 heteroatoms. The molecule has 2 unspecified atom stereocenters. The van der Waals surface area contributed by atoms with Crippen LogP contribution >= 0.6 is 0 Å². The molecule has 0 radical (unpaired) electrons. The van der Waals surface area contributed by atoms with E-state index in [1.54, 1.807) is 13.2 Å². The Bertz CT molecular complexity index is 887. The zero-order valence-corrected chi connectivity index (χ0v) is 33.3. The van der Waals surface area contributed by atoms with Gasteiger partial charge in [-0.3, -0.25) is 0 Å². The highest BCUT2D eigenvalue weighted by molar-refractivity contribution is 5.78. The van der Waals surface area contributed by atoms with E-state index >= 15 is 0 Å². The van der Waals surface area contributed by atoms with Crippen LogP contribution in [0.25, 0.3) is 0 Å². The fourth-order valence-electron chi connectivity index (χ4n) is 5.06. The monoisotopic (exact) mass is 640 g/mol. The van der Waals surface area contributed by atoms with Crippen molar-refractivity contribution < 1.29 is 4.74 Å². The molecular formula is C44H81NO. The van der Waals surface area contributed by atoms with Gasteiger partial charge in [-0.15, -0.1) is 0 Å². The van der Waals surface area contributed by atoms with Gasteiger partial charge in [-0.05, 0) is 98.1 Å². The van der Waals surface area contributed by atoms with E-state index in [4.69, 9.17) is 10.1 Å². The number of hydrogen-bond acceptors (Lipinski definition) is 2. The summed E-state index contributed by atoms with van der Waals surface area (Å²) in [7, 11) is 0. The molecule has 0 aliphatic carbocycles. The molecule has 0 amide bonds. The maximum Gasteiger partial charge on any atom is 0.0913 e. The third-order valence-electron chi connectivity index (χ3n) is 8.34. The quantitative estimate of drug-likeness (QED) is 0.142. The van der Waals surface area contributed by atoms with Crippen molar-refractivity contribution in [2.45, 2.75) is 192 Å². The van der Waals surface area contributed by atoms with E-state index in [9.17, 15) is 0 Å². The summed E-state index contributed by atoms with van der Waals surface area (Å²) in [5, 5.41) is 6.74. The minimum atomic E-state index is 0.666. The van der Waals surface area contributed by atoms with Crippen molar-refractivity contribution in [1.82, 2.24) is 0 Å². The van der Waals surface area contributed by atoms with Crippen LogP contribution < -0.4 is 0 Å². The Morgan fingerprint density at radius 2 is 1.46 bits per heavy atom. The highest BCUT2D eigenvalue weighted by Crippen LogP contribution is 2.32. The van der Waals surface area contributed by atoms with Crippen LogP contribution in [0.1, 0.15) is 195 Å². The largest absolute Gasteiger partial charge is 0.501 e. The summed E-state index contributed by atoms with van der Waals surface area (Å²) in [4.78, 5) is 0. The van der Waals surface area contributed by atoms with E-state index in [0.717, 1.165) is 31.6 Å². The van der Waals surface area contributed by atoms with Crippen LogP contribution in [0.5, 0.6) is 0 Å². The number of aryl methyl sites for hydroxylation is 2.